The smallest absolute Gasteiger partial charge is 0.334 e. The van der Waals surface area contributed by atoms with Crippen LogP contribution in [0.3, 0.4) is 0 Å². The number of nitrogen functional groups attached to an aromatic ring is 1. The zero-order valence-corrected chi connectivity index (χ0v) is 9.53. The standard InChI is InChI=1S/C11H11N3O4/c1-6-2-3-8(18-6)9(11(16)17)14-5-13-4-7(12)10(14)15/h2-5,9H,12H2,1H3,(H,16,17). The summed E-state index contributed by atoms with van der Waals surface area (Å²) in [6, 6.07) is 1.85. The number of carbonyl (C=O) groups is 1. The van der Waals surface area contributed by atoms with Crippen LogP contribution in [-0.4, -0.2) is 20.6 Å². The van der Waals surface area contributed by atoms with Crippen molar-refractivity contribution in [3.05, 3.63) is 46.5 Å². The lowest BCUT2D eigenvalue weighted by molar-refractivity contribution is -0.140. The van der Waals surface area contributed by atoms with Crippen molar-refractivity contribution in [2.75, 3.05) is 5.73 Å². The molecule has 0 saturated carbocycles. The molecule has 1 unspecified atom stereocenters. The molecule has 7 nitrogen and oxygen atoms in total. The van der Waals surface area contributed by atoms with Gasteiger partial charge in [-0.25, -0.2) is 9.78 Å². The Morgan fingerprint density at radius 3 is 2.83 bits per heavy atom. The highest BCUT2D eigenvalue weighted by Gasteiger charge is 2.26. The molecule has 2 aromatic rings. The highest BCUT2D eigenvalue weighted by atomic mass is 16.4. The minimum Gasteiger partial charge on any atom is -0.479 e. The molecule has 0 saturated heterocycles. The number of nitrogens with zero attached hydrogens (tertiary/aromatic N) is 2. The average Bonchev–Trinajstić information content (AvgIpc) is 2.71. The van der Waals surface area contributed by atoms with Crippen molar-refractivity contribution >= 4 is 11.7 Å². The second-order valence-electron chi connectivity index (χ2n) is 3.75. The number of hydrogen-bond acceptors (Lipinski definition) is 5. The molecule has 1 atom stereocenters. The predicted molar refractivity (Wildman–Crippen MR) is 62.1 cm³/mol. The van der Waals surface area contributed by atoms with E-state index in [1.807, 2.05) is 0 Å². The van der Waals surface area contributed by atoms with Gasteiger partial charge >= 0.3 is 5.97 Å². The zero-order valence-electron chi connectivity index (χ0n) is 9.53. The predicted octanol–water partition coefficient (Wildman–Crippen LogP) is 0.401. The normalized spacial score (nSPS) is 12.3. The van der Waals surface area contributed by atoms with Crippen molar-refractivity contribution < 1.29 is 14.3 Å². The molecule has 0 aliphatic heterocycles. The summed E-state index contributed by atoms with van der Waals surface area (Å²) in [5, 5.41) is 9.22. The summed E-state index contributed by atoms with van der Waals surface area (Å²) < 4.78 is 6.17. The second kappa shape index (κ2) is 4.36. The number of anilines is 1. The maximum atomic E-state index is 11.8. The summed E-state index contributed by atoms with van der Waals surface area (Å²) in [5.74, 6) is -0.519. The Kier molecular flexibility index (Phi) is 2.88. The van der Waals surface area contributed by atoms with E-state index in [9.17, 15) is 14.7 Å². The topological polar surface area (TPSA) is 111 Å². The highest BCUT2D eigenvalue weighted by molar-refractivity contribution is 5.75. The molecule has 0 aliphatic carbocycles. The number of furan rings is 1. The maximum absolute atomic E-state index is 11.8. The minimum atomic E-state index is -1.28. The first-order valence-corrected chi connectivity index (χ1v) is 5.11. The van der Waals surface area contributed by atoms with Gasteiger partial charge in [0.1, 0.15) is 17.2 Å². The summed E-state index contributed by atoms with van der Waals surface area (Å²) >= 11 is 0. The highest BCUT2D eigenvalue weighted by Crippen LogP contribution is 2.19. The van der Waals surface area contributed by atoms with Crippen molar-refractivity contribution in [3.8, 4) is 0 Å². The van der Waals surface area contributed by atoms with E-state index in [1.165, 1.54) is 12.3 Å². The third-order valence-electron chi connectivity index (χ3n) is 2.43. The van der Waals surface area contributed by atoms with Crippen LogP contribution in [-0.2, 0) is 4.79 Å². The lowest BCUT2D eigenvalue weighted by Crippen LogP contribution is -2.31. The van der Waals surface area contributed by atoms with Gasteiger partial charge in [0.2, 0.25) is 0 Å². The summed E-state index contributed by atoms with van der Waals surface area (Å²) in [4.78, 5) is 26.8. The van der Waals surface area contributed by atoms with Crippen molar-refractivity contribution in [2.45, 2.75) is 13.0 Å². The Morgan fingerprint density at radius 1 is 1.56 bits per heavy atom. The molecule has 94 valence electrons. The number of rotatable bonds is 3. The molecule has 18 heavy (non-hydrogen) atoms. The Bertz CT molecular complexity index is 644. The van der Waals surface area contributed by atoms with Gasteiger partial charge in [-0.1, -0.05) is 0 Å². The van der Waals surface area contributed by atoms with Gasteiger partial charge in [0.25, 0.3) is 5.56 Å². The summed E-state index contributed by atoms with van der Waals surface area (Å²) in [7, 11) is 0. The van der Waals surface area contributed by atoms with E-state index in [2.05, 4.69) is 4.98 Å². The van der Waals surface area contributed by atoms with E-state index < -0.39 is 17.6 Å². The minimum absolute atomic E-state index is 0.118. The fourth-order valence-corrected chi connectivity index (χ4v) is 1.60. The van der Waals surface area contributed by atoms with Gasteiger partial charge < -0.3 is 15.3 Å². The third-order valence-corrected chi connectivity index (χ3v) is 2.43. The molecule has 0 aliphatic rings. The van der Waals surface area contributed by atoms with Gasteiger partial charge in [-0.3, -0.25) is 9.36 Å². The van der Waals surface area contributed by atoms with Gasteiger partial charge in [-0.15, -0.1) is 0 Å². The molecule has 2 heterocycles. The Labute approximate surface area is 101 Å². The Hall–Kier alpha value is -2.57. The first-order valence-electron chi connectivity index (χ1n) is 5.11. The van der Waals surface area contributed by atoms with Crippen LogP contribution in [0.25, 0.3) is 0 Å². The van der Waals surface area contributed by atoms with Gasteiger partial charge in [-0.05, 0) is 19.1 Å². The summed E-state index contributed by atoms with van der Waals surface area (Å²) in [6.45, 7) is 1.68. The van der Waals surface area contributed by atoms with E-state index in [4.69, 9.17) is 10.2 Å². The van der Waals surface area contributed by atoms with Gasteiger partial charge in [0.15, 0.2) is 6.04 Å². The van der Waals surface area contributed by atoms with Crippen LogP contribution in [0.5, 0.6) is 0 Å². The molecular formula is C11H11N3O4. The molecule has 0 aromatic carbocycles. The SMILES string of the molecule is Cc1ccc(C(C(=O)O)n2cncc(N)c2=O)o1. The van der Waals surface area contributed by atoms with Crippen molar-refractivity contribution in [2.24, 2.45) is 0 Å². The molecule has 0 amide bonds. The number of nitrogens with two attached hydrogens (primary N) is 1. The molecule has 0 radical (unpaired) electrons. The fraction of sp³-hybridized carbons (Fsp3) is 0.182. The Balaban J connectivity index is 2.59. The van der Waals surface area contributed by atoms with E-state index in [1.54, 1.807) is 13.0 Å². The molecule has 2 rings (SSSR count). The van der Waals surface area contributed by atoms with Crippen LogP contribution in [0.1, 0.15) is 17.6 Å². The molecule has 7 heteroatoms. The van der Waals surface area contributed by atoms with Crippen molar-refractivity contribution in [3.63, 3.8) is 0 Å². The lowest BCUT2D eigenvalue weighted by Gasteiger charge is -2.12. The molecule has 2 aromatic heterocycles. The molecular weight excluding hydrogens is 238 g/mol. The van der Waals surface area contributed by atoms with E-state index in [-0.39, 0.29) is 11.4 Å². The number of aromatic nitrogens is 2. The molecule has 3 N–H and O–H groups in total. The number of carboxylic acid groups (broad SMARTS) is 1. The zero-order chi connectivity index (χ0) is 13.3. The third kappa shape index (κ3) is 1.97. The number of hydrogen-bond donors (Lipinski definition) is 2. The van der Waals surface area contributed by atoms with E-state index >= 15 is 0 Å². The van der Waals surface area contributed by atoms with Crippen LogP contribution < -0.4 is 11.3 Å². The lowest BCUT2D eigenvalue weighted by atomic mass is 10.2. The number of aliphatic carboxylic acids is 1. The van der Waals surface area contributed by atoms with Crippen molar-refractivity contribution in [1.29, 1.82) is 0 Å². The van der Waals surface area contributed by atoms with Crippen LogP contribution in [0.2, 0.25) is 0 Å². The first kappa shape index (κ1) is 11.9. The van der Waals surface area contributed by atoms with Crippen LogP contribution >= 0.6 is 0 Å². The van der Waals surface area contributed by atoms with Crippen LogP contribution in [0.4, 0.5) is 5.69 Å². The molecule has 0 bridgehead atoms. The largest absolute Gasteiger partial charge is 0.479 e. The second-order valence-corrected chi connectivity index (χ2v) is 3.75. The van der Waals surface area contributed by atoms with E-state index in [0.717, 1.165) is 10.9 Å². The number of carboxylic acids is 1. The fourth-order valence-electron chi connectivity index (χ4n) is 1.60. The van der Waals surface area contributed by atoms with E-state index in [0.29, 0.717) is 5.76 Å². The monoisotopic (exact) mass is 249 g/mol. The average molecular weight is 249 g/mol. The summed E-state index contributed by atoms with van der Waals surface area (Å²) in [5.41, 5.74) is 4.68. The Morgan fingerprint density at radius 2 is 2.28 bits per heavy atom. The van der Waals surface area contributed by atoms with Crippen LogP contribution in [0.15, 0.2) is 33.9 Å². The quantitative estimate of drug-likeness (QED) is 0.814. The first-order chi connectivity index (χ1) is 8.50. The van der Waals surface area contributed by atoms with Gasteiger partial charge in [-0.2, -0.15) is 0 Å². The molecule has 0 spiro atoms. The molecule has 0 fully saturated rings. The van der Waals surface area contributed by atoms with Gasteiger partial charge in [0, 0.05) is 0 Å². The number of aryl methyl sites for hydroxylation is 1. The summed E-state index contributed by atoms with van der Waals surface area (Å²) in [6.07, 6.45) is 2.29. The van der Waals surface area contributed by atoms with Gasteiger partial charge in [0.05, 0.1) is 12.5 Å². The van der Waals surface area contributed by atoms with Crippen molar-refractivity contribution in [1.82, 2.24) is 9.55 Å². The maximum Gasteiger partial charge on any atom is 0.334 e. The van der Waals surface area contributed by atoms with Crippen LogP contribution in [0, 0.1) is 6.92 Å².